The first kappa shape index (κ1) is 19.0. The third kappa shape index (κ3) is 4.84. The van der Waals surface area contributed by atoms with Crippen LogP contribution < -0.4 is 10.2 Å². The standard InChI is InChI=1S/C17H17Cl2N3O3/c1-10-4-5-12(18)16(15(10)19)21-14(23)9-25-17(24)11-6-7-20-13(8-11)22(2)3/h4-8H,9H2,1-3H3,(H,21,23). The molecule has 0 fully saturated rings. The molecule has 25 heavy (non-hydrogen) atoms. The molecule has 0 spiro atoms. The summed E-state index contributed by atoms with van der Waals surface area (Å²) in [7, 11) is 3.61. The predicted octanol–water partition coefficient (Wildman–Crippen LogP) is 3.56. The van der Waals surface area contributed by atoms with E-state index in [0.29, 0.717) is 27.1 Å². The van der Waals surface area contributed by atoms with E-state index >= 15 is 0 Å². The molecule has 0 unspecified atom stereocenters. The van der Waals surface area contributed by atoms with E-state index in [4.69, 9.17) is 27.9 Å². The van der Waals surface area contributed by atoms with Gasteiger partial charge < -0.3 is 15.0 Å². The molecule has 0 aliphatic carbocycles. The van der Waals surface area contributed by atoms with Gasteiger partial charge >= 0.3 is 5.97 Å². The maximum absolute atomic E-state index is 12.1. The SMILES string of the molecule is Cc1ccc(Cl)c(NC(=O)COC(=O)c2ccnc(N(C)C)c2)c1Cl. The molecule has 0 saturated carbocycles. The Morgan fingerprint density at radius 2 is 1.96 bits per heavy atom. The number of carbonyl (C=O) groups is 2. The quantitative estimate of drug-likeness (QED) is 0.801. The number of hydrogen-bond donors (Lipinski definition) is 1. The van der Waals surface area contributed by atoms with E-state index in [-0.39, 0.29) is 0 Å². The molecule has 132 valence electrons. The van der Waals surface area contributed by atoms with Gasteiger partial charge in [-0.3, -0.25) is 4.79 Å². The molecule has 1 aromatic carbocycles. The van der Waals surface area contributed by atoms with E-state index in [0.717, 1.165) is 5.56 Å². The number of esters is 1. The molecule has 1 amide bonds. The Labute approximate surface area is 155 Å². The second kappa shape index (κ2) is 8.18. The molecule has 8 heteroatoms. The Hall–Kier alpha value is -2.31. The monoisotopic (exact) mass is 381 g/mol. The highest BCUT2D eigenvalue weighted by atomic mass is 35.5. The Morgan fingerprint density at radius 1 is 1.24 bits per heavy atom. The van der Waals surface area contributed by atoms with Crippen molar-refractivity contribution in [2.75, 3.05) is 30.9 Å². The van der Waals surface area contributed by atoms with Crippen LogP contribution in [0.15, 0.2) is 30.5 Å². The normalized spacial score (nSPS) is 10.3. The van der Waals surface area contributed by atoms with Gasteiger partial charge in [0.1, 0.15) is 5.82 Å². The maximum Gasteiger partial charge on any atom is 0.338 e. The number of aromatic nitrogens is 1. The fourth-order valence-electron chi connectivity index (χ4n) is 1.95. The fraction of sp³-hybridized carbons (Fsp3) is 0.235. The van der Waals surface area contributed by atoms with Gasteiger partial charge in [0.25, 0.3) is 5.91 Å². The highest BCUT2D eigenvalue weighted by molar-refractivity contribution is 6.40. The minimum atomic E-state index is -0.623. The summed E-state index contributed by atoms with van der Waals surface area (Å²) < 4.78 is 5.02. The zero-order valence-electron chi connectivity index (χ0n) is 14.0. The Kier molecular flexibility index (Phi) is 6.22. The first-order valence-corrected chi connectivity index (χ1v) is 8.10. The van der Waals surface area contributed by atoms with E-state index in [9.17, 15) is 9.59 Å². The molecule has 6 nitrogen and oxygen atoms in total. The third-order valence-electron chi connectivity index (χ3n) is 3.32. The van der Waals surface area contributed by atoms with Crippen molar-refractivity contribution >= 4 is 46.6 Å². The van der Waals surface area contributed by atoms with Crippen LogP contribution in [0.1, 0.15) is 15.9 Å². The summed E-state index contributed by atoms with van der Waals surface area (Å²) in [6.07, 6.45) is 1.50. The van der Waals surface area contributed by atoms with E-state index in [2.05, 4.69) is 10.3 Å². The van der Waals surface area contributed by atoms with E-state index in [1.807, 2.05) is 0 Å². The van der Waals surface area contributed by atoms with Gasteiger partial charge in [-0.25, -0.2) is 9.78 Å². The number of ether oxygens (including phenoxy) is 1. The summed E-state index contributed by atoms with van der Waals surface area (Å²) in [4.78, 5) is 29.9. The van der Waals surface area contributed by atoms with Crippen LogP contribution in [0.2, 0.25) is 10.0 Å². The number of benzene rings is 1. The molecular weight excluding hydrogens is 365 g/mol. The largest absolute Gasteiger partial charge is 0.452 e. The molecule has 0 saturated heterocycles. The van der Waals surface area contributed by atoms with Crippen molar-refractivity contribution in [3.05, 3.63) is 51.6 Å². The van der Waals surface area contributed by atoms with Crippen LogP contribution in [0.25, 0.3) is 0 Å². The van der Waals surface area contributed by atoms with Crippen molar-refractivity contribution < 1.29 is 14.3 Å². The first-order chi connectivity index (χ1) is 11.8. The third-order valence-corrected chi connectivity index (χ3v) is 4.12. The zero-order chi connectivity index (χ0) is 18.6. The van der Waals surface area contributed by atoms with Gasteiger partial charge in [0, 0.05) is 20.3 Å². The maximum atomic E-state index is 12.1. The minimum absolute atomic E-state index is 0.295. The summed E-state index contributed by atoms with van der Waals surface area (Å²) in [5, 5.41) is 3.21. The highest BCUT2D eigenvalue weighted by Crippen LogP contribution is 2.32. The van der Waals surface area contributed by atoms with Gasteiger partial charge in [0.2, 0.25) is 0 Å². The molecular formula is C17H17Cl2N3O3. The van der Waals surface area contributed by atoms with Gasteiger partial charge in [0.05, 0.1) is 21.3 Å². The number of pyridine rings is 1. The van der Waals surface area contributed by atoms with Crippen molar-refractivity contribution in [2.24, 2.45) is 0 Å². The summed E-state index contributed by atoms with van der Waals surface area (Å²) in [5.74, 6) is -0.552. The molecule has 0 bridgehead atoms. The molecule has 0 atom stereocenters. The lowest BCUT2D eigenvalue weighted by Gasteiger charge is -2.13. The molecule has 2 aromatic rings. The zero-order valence-corrected chi connectivity index (χ0v) is 15.5. The van der Waals surface area contributed by atoms with Gasteiger partial charge in [-0.2, -0.15) is 0 Å². The van der Waals surface area contributed by atoms with E-state index in [1.165, 1.54) is 12.3 Å². The number of anilines is 2. The molecule has 1 aromatic heterocycles. The summed E-state index contributed by atoms with van der Waals surface area (Å²) in [6.45, 7) is 1.33. The van der Waals surface area contributed by atoms with Crippen molar-refractivity contribution in [2.45, 2.75) is 6.92 Å². The van der Waals surface area contributed by atoms with Gasteiger partial charge in [0.15, 0.2) is 6.61 Å². The van der Waals surface area contributed by atoms with Crippen LogP contribution in [0.5, 0.6) is 0 Å². The average molecular weight is 382 g/mol. The van der Waals surface area contributed by atoms with Gasteiger partial charge in [-0.15, -0.1) is 0 Å². The lowest BCUT2D eigenvalue weighted by Crippen LogP contribution is -2.21. The van der Waals surface area contributed by atoms with Crippen molar-refractivity contribution in [3.8, 4) is 0 Å². The summed E-state index contributed by atoms with van der Waals surface area (Å²) in [6, 6.07) is 6.46. The first-order valence-electron chi connectivity index (χ1n) is 7.34. The number of nitrogens with zero attached hydrogens (tertiary/aromatic N) is 2. The Bertz CT molecular complexity index is 810. The molecule has 1 N–H and O–H groups in total. The van der Waals surface area contributed by atoms with Crippen LogP contribution in [-0.2, 0) is 9.53 Å². The number of halogens is 2. The van der Waals surface area contributed by atoms with Gasteiger partial charge in [-0.05, 0) is 30.7 Å². The minimum Gasteiger partial charge on any atom is -0.452 e. The summed E-state index contributed by atoms with van der Waals surface area (Å²) >= 11 is 12.2. The molecule has 0 aliphatic heterocycles. The number of nitrogens with one attached hydrogen (secondary N) is 1. The highest BCUT2D eigenvalue weighted by Gasteiger charge is 2.15. The fourth-order valence-corrected chi connectivity index (χ4v) is 2.42. The van der Waals surface area contributed by atoms with Crippen LogP contribution >= 0.6 is 23.2 Å². The lowest BCUT2D eigenvalue weighted by molar-refractivity contribution is -0.119. The van der Waals surface area contributed by atoms with Crippen molar-refractivity contribution in [3.63, 3.8) is 0 Å². The van der Waals surface area contributed by atoms with Gasteiger partial charge in [-0.1, -0.05) is 29.3 Å². The number of amides is 1. The van der Waals surface area contributed by atoms with E-state index in [1.54, 1.807) is 44.1 Å². The molecule has 2 rings (SSSR count). The molecule has 0 aliphatic rings. The Balaban J connectivity index is 2.00. The van der Waals surface area contributed by atoms with Crippen LogP contribution in [0, 0.1) is 6.92 Å². The van der Waals surface area contributed by atoms with Crippen molar-refractivity contribution in [1.29, 1.82) is 0 Å². The molecule has 0 radical (unpaired) electrons. The topological polar surface area (TPSA) is 71.5 Å². The number of carbonyl (C=O) groups excluding carboxylic acids is 2. The van der Waals surface area contributed by atoms with Crippen LogP contribution in [0.4, 0.5) is 11.5 Å². The van der Waals surface area contributed by atoms with Crippen molar-refractivity contribution in [1.82, 2.24) is 4.98 Å². The molecule has 1 heterocycles. The lowest BCUT2D eigenvalue weighted by atomic mass is 10.2. The summed E-state index contributed by atoms with van der Waals surface area (Å²) in [5.41, 5.74) is 1.37. The average Bonchev–Trinajstić information content (AvgIpc) is 2.60. The van der Waals surface area contributed by atoms with E-state index < -0.39 is 18.5 Å². The number of aryl methyl sites for hydroxylation is 1. The van der Waals surface area contributed by atoms with Crippen LogP contribution in [0.3, 0.4) is 0 Å². The number of hydrogen-bond acceptors (Lipinski definition) is 5. The predicted molar refractivity (Wildman–Crippen MR) is 98.7 cm³/mol. The van der Waals surface area contributed by atoms with Crippen LogP contribution in [-0.4, -0.2) is 37.6 Å². The smallest absolute Gasteiger partial charge is 0.338 e. The second-order valence-corrected chi connectivity index (χ2v) is 6.26. The number of rotatable bonds is 5. The second-order valence-electron chi connectivity index (χ2n) is 5.47. The Morgan fingerprint density at radius 3 is 2.64 bits per heavy atom.